The van der Waals surface area contributed by atoms with Gasteiger partial charge in [-0.1, -0.05) is 24.3 Å². The van der Waals surface area contributed by atoms with Gasteiger partial charge in [-0.2, -0.15) is 0 Å². The molecule has 21 heavy (non-hydrogen) atoms. The molecule has 1 saturated heterocycles. The van der Waals surface area contributed by atoms with E-state index in [-0.39, 0.29) is 24.3 Å². The Morgan fingerprint density at radius 2 is 1.90 bits per heavy atom. The lowest BCUT2D eigenvalue weighted by molar-refractivity contribution is -0.129. The summed E-state index contributed by atoms with van der Waals surface area (Å²) in [7, 11) is 0. The van der Waals surface area contributed by atoms with Crippen molar-refractivity contribution in [2.24, 2.45) is 5.92 Å². The largest absolute Gasteiger partial charge is 0.392 e. The van der Waals surface area contributed by atoms with Crippen LogP contribution in [0.25, 0.3) is 0 Å². The van der Waals surface area contributed by atoms with E-state index in [1.165, 1.54) is 0 Å². The van der Waals surface area contributed by atoms with Crippen LogP contribution in [0.3, 0.4) is 0 Å². The monoisotopic (exact) mass is 288 g/mol. The molecule has 5 heteroatoms. The van der Waals surface area contributed by atoms with Crippen molar-refractivity contribution in [1.29, 1.82) is 0 Å². The Hall–Kier alpha value is -1.88. The van der Waals surface area contributed by atoms with Gasteiger partial charge in [-0.3, -0.25) is 9.59 Å². The van der Waals surface area contributed by atoms with Crippen molar-refractivity contribution < 1.29 is 14.7 Å². The molecule has 1 aromatic carbocycles. The standard InChI is InChI=1S/C16H20N2O3/c19-10-12-3-1-11(2-4-12)8-17-16(21)13-7-15(20)18(9-13)14-5-6-14/h1-4,13-14,19H,5-10H2,(H,17,21). The first-order valence-corrected chi connectivity index (χ1v) is 7.43. The highest BCUT2D eigenvalue weighted by molar-refractivity contribution is 5.89. The Bertz CT molecular complexity index is 537. The smallest absolute Gasteiger partial charge is 0.225 e. The number of nitrogens with one attached hydrogen (secondary N) is 1. The number of carbonyl (C=O) groups excluding carboxylic acids is 2. The average Bonchev–Trinajstić information content (AvgIpc) is 3.28. The molecular weight excluding hydrogens is 268 g/mol. The fourth-order valence-electron chi connectivity index (χ4n) is 2.74. The van der Waals surface area contributed by atoms with Crippen LogP contribution in [-0.2, 0) is 22.7 Å². The lowest BCUT2D eigenvalue weighted by Gasteiger charge is -2.15. The molecule has 1 aliphatic heterocycles. The molecule has 0 aromatic heterocycles. The van der Waals surface area contributed by atoms with Gasteiger partial charge in [0.25, 0.3) is 0 Å². The molecule has 3 rings (SSSR count). The summed E-state index contributed by atoms with van der Waals surface area (Å²) in [4.78, 5) is 25.8. The number of nitrogens with zero attached hydrogens (tertiary/aromatic N) is 1. The molecule has 1 heterocycles. The third kappa shape index (κ3) is 3.24. The van der Waals surface area contributed by atoms with Gasteiger partial charge in [-0.15, -0.1) is 0 Å². The summed E-state index contributed by atoms with van der Waals surface area (Å²) in [5.41, 5.74) is 1.84. The predicted molar refractivity (Wildman–Crippen MR) is 77.1 cm³/mol. The van der Waals surface area contributed by atoms with E-state index >= 15 is 0 Å². The van der Waals surface area contributed by atoms with Crippen molar-refractivity contribution >= 4 is 11.8 Å². The van der Waals surface area contributed by atoms with Crippen LogP contribution in [0, 0.1) is 5.92 Å². The Kier molecular flexibility index (Phi) is 3.92. The van der Waals surface area contributed by atoms with Crippen LogP contribution < -0.4 is 5.32 Å². The zero-order chi connectivity index (χ0) is 14.8. The van der Waals surface area contributed by atoms with E-state index in [2.05, 4.69) is 5.32 Å². The molecule has 1 atom stereocenters. The number of likely N-dealkylation sites (tertiary alicyclic amines) is 1. The molecule has 0 spiro atoms. The van der Waals surface area contributed by atoms with Crippen LogP contribution in [0.1, 0.15) is 30.4 Å². The first kappa shape index (κ1) is 14.1. The van der Waals surface area contributed by atoms with E-state index in [4.69, 9.17) is 5.11 Å². The molecule has 0 radical (unpaired) electrons. The van der Waals surface area contributed by atoms with Gasteiger partial charge in [-0.05, 0) is 24.0 Å². The summed E-state index contributed by atoms with van der Waals surface area (Å²) in [6, 6.07) is 7.86. The number of aliphatic hydroxyl groups is 1. The maximum Gasteiger partial charge on any atom is 0.225 e. The van der Waals surface area contributed by atoms with Gasteiger partial charge in [-0.25, -0.2) is 0 Å². The first-order valence-electron chi connectivity index (χ1n) is 7.43. The van der Waals surface area contributed by atoms with Crippen LogP contribution in [0.2, 0.25) is 0 Å². The summed E-state index contributed by atoms with van der Waals surface area (Å²) in [5.74, 6) is -0.141. The lowest BCUT2D eigenvalue weighted by atomic mass is 10.1. The molecule has 5 nitrogen and oxygen atoms in total. The highest BCUT2D eigenvalue weighted by Crippen LogP contribution is 2.32. The molecule has 0 bridgehead atoms. The summed E-state index contributed by atoms with van der Waals surface area (Å²) in [5, 5.41) is 11.9. The topological polar surface area (TPSA) is 69.6 Å². The van der Waals surface area contributed by atoms with E-state index in [0.717, 1.165) is 24.0 Å². The van der Waals surface area contributed by atoms with E-state index in [1.54, 1.807) is 0 Å². The normalized spacial score (nSPS) is 21.7. The van der Waals surface area contributed by atoms with Crippen molar-refractivity contribution in [3.8, 4) is 0 Å². The highest BCUT2D eigenvalue weighted by atomic mass is 16.3. The van der Waals surface area contributed by atoms with Gasteiger partial charge in [0.15, 0.2) is 0 Å². The van der Waals surface area contributed by atoms with Crippen LogP contribution >= 0.6 is 0 Å². The Morgan fingerprint density at radius 1 is 1.24 bits per heavy atom. The minimum absolute atomic E-state index is 0.0217. The Morgan fingerprint density at radius 3 is 2.52 bits per heavy atom. The number of amides is 2. The number of aliphatic hydroxyl groups excluding tert-OH is 1. The number of carbonyl (C=O) groups is 2. The summed E-state index contributed by atoms with van der Waals surface area (Å²) in [6.07, 6.45) is 2.50. The lowest BCUT2D eigenvalue weighted by Crippen LogP contribution is -2.33. The zero-order valence-corrected chi connectivity index (χ0v) is 11.9. The summed E-state index contributed by atoms with van der Waals surface area (Å²) < 4.78 is 0. The fourth-order valence-corrected chi connectivity index (χ4v) is 2.74. The number of rotatable bonds is 5. The van der Waals surface area contributed by atoms with Crippen LogP contribution in [-0.4, -0.2) is 34.4 Å². The second kappa shape index (κ2) is 5.85. The molecule has 2 fully saturated rings. The second-order valence-corrected chi connectivity index (χ2v) is 5.87. The molecule has 2 N–H and O–H groups in total. The van der Waals surface area contributed by atoms with Gasteiger partial charge in [0, 0.05) is 25.6 Å². The van der Waals surface area contributed by atoms with Gasteiger partial charge in [0.1, 0.15) is 0 Å². The molecular formula is C16H20N2O3. The maximum atomic E-state index is 12.1. The number of benzene rings is 1. The Labute approximate surface area is 123 Å². The van der Waals surface area contributed by atoms with Crippen molar-refractivity contribution in [3.63, 3.8) is 0 Å². The van der Waals surface area contributed by atoms with Gasteiger partial charge in [0.05, 0.1) is 12.5 Å². The second-order valence-electron chi connectivity index (χ2n) is 5.87. The van der Waals surface area contributed by atoms with Crippen molar-refractivity contribution in [1.82, 2.24) is 10.2 Å². The van der Waals surface area contributed by atoms with E-state index in [0.29, 0.717) is 25.6 Å². The molecule has 1 saturated carbocycles. The van der Waals surface area contributed by atoms with Crippen LogP contribution in [0.5, 0.6) is 0 Å². The fraction of sp³-hybridized carbons (Fsp3) is 0.500. The Balaban J connectivity index is 1.50. The average molecular weight is 288 g/mol. The van der Waals surface area contributed by atoms with Gasteiger partial charge < -0.3 is 15.3 Å². The molecule has 1 aromatic rings. The third-order valence-corrected chi connectivity index (χ3v) is 4.19. The molecule has 1 aliphatic carbocycles. The van der Waals surface area contributed by atoms with Gasteiger partial charge in [0.2, 0.25) is 11.8 Å². The molecule has 112 valence electrons. The van der Waals surface area contributed by atoms with Gasteiger partial charge >= 0.3 is 0 Å². The molecule has 2 amide bonds. The van der Waals surface area contributed by atoms with Crippen LogP contribution in [0.15, 0.2) is 24.3 Å². The number of hydrogen-bond donors (Lipinski definition) is 2. The van der Waals surface area contributed by atoms with E-state index in [1.807, 2.05) is 29.2 Å². The quantitative estimate of drug-likeness (QED) is 0.842. The SMILES string of the molecule is O=C(NCc1ccc(CO)cc1)C1CC(=O)N(C2CC2)C1. The highest BCUT2D eigenvalue weighted by Gasteiger charge is 2.41. The predicted octanol–water partition coefficient (Wildman–Crippen LogP) is 0.806. The number of hydrogen-bond acceptors (Lipinski definition) is 3. The molecule has 2 aliphatic rings. The third-order valence-electron chi connectivity index (χ3n) is 4.19. The zero-order valence-electron chi connectivity index (χ0n) is 11.9. The summed E-state index contributed by atoms with van der Waals surface area (Å²) in [6.45, 7) is 1.05. The van der Waals surface area contributed by atoms with Crippen molar-refractivity contribution in [2.75, 3.05) is 6.54 Å². The maximum absolute atomic E-state index is 12.1. The molecule has 1 unspecified atom stereocenters. The minimum atomic E-state index is -0.213. The van der Waals surface area contributed by atoms with Crippen molar-refractivity contribution in [3.05, 3.63) is 35.4 Å². The van der Waals surface area contributed by atoms with E-state index < -0.39 is 0 Å². The first-order chi connectivity index (χ1) is 10.2. The van der Waals surface area contributed by atoms with Crippen LogP contribution in [0.4, 0.5) is 0 Å². The van der Waals surface area contributed by atoms with E-state index in [9.17, 15) is 9.59 Å². The summed E-state index contributed by atoms with van der Waals surface area (Å²) >= 11 is 0. The van der Waals surface area contributed by atoms with Crippen molar-refractivity contribution in [2.45, 2.75) is 38.5 Å². The minimum Gasteiger partial charge on any atom is -0.392 e.